The smallest absolute Gasteiger partial charge is 0.191 e. The van der Waals surface area contributed by atoms with E-state index in [4.69, 9.17) is 5.73 Å². The van der Waals surface area contributed by atoms with Gasteiger partial charge in [-0.25, -0.2) is 0 Å². The van der Waals surface area contributed by atoms with Crippen molar-refractivity contribution in [3.8, 4) is 0 Å². The average molecular weight is 249 g/mol. The van der Waals surface area contributed by atoms with E-state index in [1.807, 2.05) is 24.0 Å². The zero-order valence-electron chi connectivity index (χ0n) is 11.2. The number of aliphatic imine (C=N–C) groups is 1. The summed E-state index contributed by atoms with van der Waals surface area (Å²) in [5.41, 5.74) is 7.21. The Morgan fingerprint density at radius 2 is 2.06 bits per heavy atom. The molecule has 100 valence electrons. The lowest BCUT2D eigenvalue weighted by Gasteiger charge is -2.21. The molecule has 2 heterocycles. The summed E-state index contributed by atoms with van der Waals surface area (Å²) in [5, 5.41) is 4.23. The first-order valence-corrected chi connectivity index (χ1v) is 6.79. The summed E-state index contributed by atoms with van der Waals surface area (Å²) >= 11 is 0. The summed E-state index contributed by atoms with van der Waals surface area (Å²) in [6, 6.07) is 0. The van der Waals surface area contributed by atoms with Crippen molar-refractivity contribution in [1.29, 1.82) is 0 Å². The normalized spacial score (nSPS) is 17.8. The van der Waals surface area contributed by atoms with Crippen molar-refractivity contribution in [2.45, 2.75) is 39.2 Å². The van der Waals surface area contributed by atoms with Crippen molar-refractivity contribution < 1.29 is 0 Å². The first-order valence-electron chi connectivity index (χ1n) is 6.79. The maximum Gasteiger partial charge on any atom is 0.191 e. The van der Waals surface area contributed by atoms with Gasteiger partial charge >= 0.3 is 0 Å². The molecule has 0 radical (unpaired) electrons. The van der Waals surface area contributed by atoms with Gasteiger partial charge in [-0.05, 0) is 25.3 Å². The van der Waals surface area contributed by atoms with Crippen LogP contribution in [0.1, 0.15) is 31.2 Å². The van der Waals surface area contributed by atoms with Gasteiger partial charge in [-0.1, -0.05) is 12.8 Å². The van der Waals surface area contributed by atoms with E-state index in [0.717, 1.165) is 19.6 Å². The van der Waals surface area contributed by atoms with Gasteiger partial charge in [0.05, 0.1) is 19.3 Å². The van der Waals surface area contributed by atoms with Crippen LogP contribution in [0.5, 0.6) is 0 Å². The van der Waals surface area contributed by atoms with Crippen molar-refractivity contribution in [3.05, 3.63) is 18.0 Å². The monoisotopic (exact) mass is 249 g/mol. The third-order valence-corrected chi connectivity index (χ3v) is 3.30. The quantitative estimate of drug-likeness (QED) is 0.650. The van der Waals surface area contributed by atoms with Crippen molar-refractivity contribution in [1.82, 2.24) is 14.7 Å². The molecule has 0 bridgehead atoms. The highest BCUT2D eigenvalue weighted by Gasteiger charge is 2.10. The van der Waals surface area contributed by atoms with E-state index in [1.165, 1.54) is 31.2 Å². The number of aromatic nitrogens is 2. The van der Waals surface area contributed by atoms with Gasteiger partial charge in [0.1, 0.15) is 0 Å². The van der Waals surface area contributed by atoms with E-state index < -0.39 is 0 Å². The van der Waals surface area contributed by atoms with Crippen molar-refractivity contribution in [2.24, 2.45) is 10.7 Å². The first-order chi connectivity index (χ1) is 8.75. The van der Waals surface area contributed by atoms with Gasteiger partial charge in [0.2, 0.25) is 0 Å². The van der Waals surface area contributed by atoms with Crippen LogP contribution in [0.3, 0.4) is 0 Å². The standard InChI is InChI=1S/C13H23N5/c1-12-10-16-18(11-12)9-6-15-13(14)17-7-4-2-3-5-8-17/h10-11H,2-9H2,1H3,(H2,14,15). The number of guanidine groups is 1. The van der Waals surface area contributed by atoms with Gasteiger partial charge in [0, 0.05) is 19.3 Å². The number of nitrogens with zero attached hydrogens (tertiary/aromatic N) is 4. The first kappa shape index (κ1) is 12.9. The Labute approximate surface area is 109 Å². The molecule has 1 saturated heterocycles. The number of aryl methyl sites for hydroxylation is 1. The zero-order valence-corrected chi connectivity index (χ0v) is 11.2. The van der Waals surface area contributed by atoms with Gasteiger partial charge in [-0.2, -0.15) is 5.10 Å². The van der Waals surface area contributed by atoms with Crippen LogP contribution in [0.4, 0.5) is 0 Å². The van der Waals surface area contributed by atoms with Gasteiger partial charge < -0.3 is 10.6 Å². The van der Waals surface area contributed by atoms with Gasteiger partial charge in [0.25, 0.3) is 0 Å². The molecule has 1 fully saturated rings. The molecule has 0 spiro atoms. The highest BCUT2D eigenvalue weighted by atomic mass is 15.3. The molecule has 2 rings (SSSR count). The highest BCUT2D eigenvalue weighted by Crippen LogP contribution is 2.09. The van der Waals surface area contributed by atoms with Crippen LogP contribution in [-0.2, 0) is 6.54 Å². The molecule has 1 aliphatic rings. The number of hydrogen-bond acceptors (Lipinski definition) is 2. The minimum Gasteiger partial charge on any atom is -0.370 e. The molecule has 5 heteroatoms. The van der Waals surface area contributed by atoms with Crippen LogP contribution in [0.15, 0.2) is 17.4 Å². The number of rotatable bonds is 3. The Morgan fingerprint density at radius 3 is 2.67 bits per heavy atom. The molecule has 5 nitrogen and oxygen atoms in total. The molecule has 0 unspecified atom stereocenters. The Bertz CT molecular complexity index is 388. The third-order valence-electron chi connectivity index (χ3n) is 3.30. The fraction of sp³-hybridized carbons (Fsp3) is 0.692. The Hall–Kier alpha value is -1.52. The summed E-state index contributed by atoms with van der Waals surface area (Å²) in [7, 11) is 0. The fourth-order valence-corrected chi connectivity index (χ4v) is 2.26. The molecule has 0 aromatic carbocycles. The van der Waals surface area contributed by atoms with E-state index >= 15 is 0 Å². The van der Waals surface area contributed by atoms with E-state index in [2.05, 4.69) is 15.0 Å². The molecule has 0 amide bonds. The maximum absolute atomic E-state index is 6.03. The maximum atomic E-state index is 6.03. The van der Waals surface area contributed by atoms with Crippen LogP contribution in [-0.4, -0.2) is 40.3 Å². The second-order valence-electron chi connectivity index (χ2n) is 4.92. The molecule has 1 aliphatic heterocycles. The Morgan fingerprint density at radius 1 is 1.33 bits per heavy atom. The molecule has 1 aromatic heterocycles. The predicted molar refractivity (Wildman–Crippen MR) is 73.5 cm³/mol. The molecule has 18 heavy (non-hydrogen) atoms. The van der Waals surface area contributed by atoms with Gasteiger partial charge in [-0.3, -0.25) is 9.67 Å². The summed E-state index contributed by atoms with van der Waals surface area (Å²) in [6.07, 6.45) is 8.98. The Kier molecular flexibility index (Phi) is 4.61. The van der Waals surface area contributed by atoms with E-state index in [9.17, 15) is 0 Å². The minimum absolute atomic E-state index is 0.695. The zero-order chi connectivity index (χ0) is 12.8. The third kappa shape index (κ3) is 3.75. The van der Waals surface area contributed by atoms with Gasteiger partial charge in [0.15, 0.2) is 5.96 Å². The van der Waals surface area contributed by atoms with Gasteiger partial charge in [-0.15, -0.1) is 0 Å². The summed E-state index contributed by atoms with van der Waals surface area (Å²) in [4.78, 5) is 6.66. The summed E-state index contributed by atoms with van der Waals surface area (Å²) in [6.45, 7) is 5.64. The average Bonchev–Trinajstić information content (AvgIpc) is 2.63. The lowest BCUT2D eigenvalue weighted by Crippen LogP contribution is -2.38. The summed E-state index contributed by atoms with van der Waals surface area (Å²) < 4.78 is 1.91. The molecular formula is C13H23N5. The SMILES string of the molecule is Cc1cnn(CCN=C(N)N2CCCCCC2)c1. The van der Waals surface area contributed by atoms with Crippen LogP contribution in [0, 0.1) is 6.92 Å². The van der Waals surface area contributed by atoms with Crippen molar-refractivity contribution >= 4 is 5.96 Å². The predicted octanol–water partition coefficient (Wildman–Crippen LogP) is 1.38. The van der Waals surface area contributed by atoms with Crippen LogP contribution in [0.25, 0.3) is 0 Å². The van der Waals surface area contributed by atoms with Crippen LogP contribution < -0.4 is 5.73 Å². The van der Waals surface area contributed by atoms with E-state index in [1.54, 1.807) is 0 Å². The molecular weight excluding hydrogens is 226 g/mol. The van der Waals surface area contributed by atoms with E-state index in [-0.39, 0.29) is 0 Å². The largest absolute Gasteiger partial charge is 0.370 e. The van der Waals surface area contributed by atoms with Crippen molar-refractivity contribution in [2.75, 3.05) is 19.6 Å². The number of nitrogens with two attached hydrogens (primary N) is 1. The molecule has 2 N–H and O–H groups in total. The minimum atomic E-state index is 0.695. The number of likely N-dealkylation sites (tertiary alicyclic amines) is 1. The second-order valence-corrected chi connectivity index (χ2v) is 4.92. The molecule has 1 aromatic rings. The topological polar surface area (TPSA) is 59.4 Å². The molecule has 0 atom stereocenters. The Balaban J connectivity index is 1.80. The summed E-state index contributed by atoms with van der Waals surface area (Å²) in [5.74, 6) is 0.695. The molecule has 0 aliphatic carbocycles. The highest BCUT2D eigenvalue weighted by molar-refractivity contribution is 5.78. The number of hydrogen-bond donors (Lipinski definition) is 1. The van der Waals surface area contributed by atoms with Crippen LogP contribution in [0.2, 0.25) is 0 Å². The van der Waals surface area contributed by atoms with E-state index in [0.29, 0.717) is 12.5 Å². The fourth-order valence-electron chi connectivity index (χ4n) is 2.26. The lowest BCUT2D eigenvalue weighted by molar-refractivity contribution is 0.427. The molecule has 0 saturated carbocycles. The lowest BCUT2D eigenvalue weighted by atomic mass is 10.2. The second kappa shape index (κ2) is 6.42. The van der Waals surface area contributed by atoms with Crippen LogP contribution >= 0.6 is 0 Å². The van der Waals surface area contributed by atoms with Crippen molar-refractivity contribution in [3.63, 3.8) is 0 Å².